The van der Waals surface area contributed by atoms with Crippen molar-refractivity contribution in [3.8, 4) is 0 Å². The van der Waals surface area contributed by atoms with Gasteiger partial charge in [-0.15, -0.1) is 0 Å². The van der Waals surface area contributed by atoms with Gasteiger partial charge in [0, 0.05) is 6.54 Å². The van der Waals surface area contributed by atoms with Gasteiger partial charge in [0.1, 0.15) is 17.6 Å². The molecule has 3 aliphatic heterocycles. The van der Waals surface area contributed by atoms with Gasteiger partial charge in [0.05, 0.1) is 30.8 Å². The summed E-state index contributed by atoms with van der Waals surface area (Å²) in [4.78, 5) is 42.7. The molecule has 3 heterocycles. The van der Waals surface area contributed by atoms with Crippen LogP contribution in [0.2, 0.25) is 0 Å². The lowest BCUT2D eigenvalue weighted by Crippen LogP contribution is -2.59. The van der Waals surface area contributed by atoms with E-state index in [2.05, 4.69) is 5.32 Å². The van der Waals surface area contributed by atoms with Gasteiger partial charge in [0.15, 0.2) is 0 Å². The summed E-state index contributed by atoms with van der Waals surface area (Å²) in [5.74, 6) is -2.66. The smallest absolute Gasteiger partial charge is 0.312 e. The van der Waals surface area contributed by atoms with E-state index in [-0.39, 0.29) is 30.9 Å². The van der Waals surface area contributed by atoms with E-state index in [1.165, 1.54) is 4.90 Å². The number of aliphatic hydroxyl groups is 1. The van der Waals surface area contributed by atoms with Crippen molar-refractivity contribution in [1.29, 1.82) is 0 Å². The molecule has 0 radical (unpaired) electrons. The van der Waals surface area contributed by atoms with E-state index in [1.807, 2.05) is 51.1 Å². The Kier molecular flexibility index (Phi) is 7.25. The lowest BCUT2D eigenvalue weighted by molar-refractivity contribution is -0.162. The van der Waals surface area contributed by atoms with Gasteiger partial charge in [0.2, 0.25) is 11.8 Å². The summed E-state index contributed by atoms with van der Waals surface area (Å²) in [5, 5.41) is 13.3. The highest BCUT2D eigenvalue weighted by Gasteiger charge is 2.79. The summed E-state index contributed by atoms with van der Waals surface area (Å²) in [7, 11) is 0. The highest BCUT2D eigenvalue weighted by atomic mass is 16.6. The average molecular weight is 487 g/mol. The number of carbonyl (C=O) groups excluding carboxylic acids is 3. The molecule has 2 unspecified atom stereocenters. The van der Waals surface area contributed by atoms with Gasteiger partial charge in [-0.05, 0) is 37.7 Å². The molecule has 8 heteroatoms. The first-order chi connectivity index (χ1) is 16.8. The fourth-order valence-electron chi connectivity index (χ4n) is 6.60. The second kappa shape index (κ2) is 9.90. The number of benzene rings is 1. The van der Waals surface area contributed by atoms with Gasteiger partial charge in [-0.25, -0.2) is 0 Å². The Hall–Kier alpha value is -2.45. The van der Waals surface area contributed by atoms with Crippen LogP contribution in [0.5, 0.6) is 0 Å². The summed E-state index contributed by atoms with van der Waals surface area (Å²) < 4.78 is 12.1. The van der Waals surface area contributed by atoms with Crippen molar-refractivity contribution < 1.29 is 29.0 Å². The molecule has 192 valence electrons. The van der Waals surface area contributed by atoms with E-state index >= 15 is 0 Å². The minimum atomic E-state index is -1.12. The predicted octanol–water partition coefficient (Wildman–Crippen LogP) is 2.43. The largest absolute Gasteiger partial charge is 0.466 e. The van der Waals surface area contributed by atoms with Gasteiger partial charge in [0.25, 0.3) is 0 Å². The molecule has 35 heavy (non-hydrogen) atoms. The summed E-state index contributed by atoms with van der Waals surface area (Å²) in [6.45, 7) is 7.91. The topological polar surface area (TPSA) is 105 Å². The molecule has 3 aliphatic rings. The van der Waals surface area contributed by atoms with Crippen molar-refractivity contribution in [3.63, 3.8) is 0 Å². The van der Waals surface area contributed by atoms with Crippen molar-refractivity contribution in [3.05, 3.63) is 35.9 Å². The van der Waals surface area contributed by atoms with Gasteiger partial charge in [-0.1, -0.05) is 57.5 Å². The van der Waals surface area contributed by atoms with E-state index < -0.39 is 41.1 Å². The SMILES string of the molecule is CCOC(=O)[C@@H]1[C@H]2C(=O)N([C@@H](CO)[C@@H](C)CC)C(C(=O)NCc3ccccc3)C23CC[C@@]1(CC)O3. The number of aliphatic hydroxyl groups excluding tert-OH is 1. The van der Waals surface area contributed by atoms with Crippen LogP contribution in [0.4, 0.5) is 0 Å². The quantitative estimate of drug-likeness (QED) is 0.492. The molecule has 3 saturated heterocycles. The number of nitrogens with one attached hydrogen (secondary N) is 1. The van der Waals surface area contributed by atoms with Crippen LogP contribution in [0.25, 0.3) is 0 Å². The molecule has 3 fully saturated rings. The lowest BCUT2D eigenvalue weighted by atomic mass is 9.65. The number of amides is 2. The third-order valence-corrected chi connectivity index (χ3v) is 8.56. The number of fused-ring (bicyclic) bond motifs is 1. The van der Waals surface area contributed by atoms with Crippen molar-refractivity contribution in [2.24, 2.45) is 17.8 Å². The minimum absolute atomic E-state index is 0.0398. The Morgan fingerprint density at radius 1 is 1.23 bits per heavy atom. The monoisotopic (exact) mass is 486 g/mol. The Labute approximate surface area is 207 Å². The van der Waals surface area contributed by atoms with E-state index in [9.17, 15) is 19.5 Å². The van der Waals surface area contributed by atoms with Gasteiger partial charge in [-0.3, -0.25) is 14.4 Å². The number of nitrogens with zero attached hydrogens (tertiary/aromatic N) is 1. The first-order valence-electron chi connectivity index (χ1n) is 12.9. The summed E-state index contributed by atoms with van der Waals surface area (Å²) in [6, 6.07) is 8.09. The molecule has 4 rings (SSSR count). The van der Waals surface area contributed by atoms with Gasteiger partial charge >= 0.3 is 5.97 Å². The van der Waals surface area contributed by atoms with E-state index in [4.69, 9.17) is 9.47 Å². The maximum atomic E-state index is 14.1. The molecule has 1 spiro atoms. The zero-order valence-corrected chi connectivity index (χ0v) is 21.2. The molecule has 2 N–H and O–H groups in total. The normalized spacial score (nSPS) is 32.9. The highest BCUT2D eigenvalue weighted by Crippen LogP contribution is 2.64. The number of likely N-dealkylation sites (tertiary alicyclic amines) is 1. The number of carbonyl (C=O) groups is 3. The second-order valence-corrected chi connectivity index (χ2v) is 10.2. The molecule has 8 nitrogen and oxygen atoms in total. The van der Waals surface area contributed by atoms with E-state index in [0.29, 0.717) is 25.8 Å². The fourth-order valence-corrected chi connectivity index (χ4v) is 6.60. The average Bonchev–Trinajstić information content (AvgIpc) is 3.47. The molecule has 2 bridgehead atoms. The molecule has 2 amide bonds. The molecule has 0 saturated carbocycles. The van der Waals surface area contributed by atoms with Crippen LogP contribution >= 0.6 is 0 Å². The number of esters is 1. The van der Waals surface area contributed by atoms with Crippen LogP contribution in [-0.2, 0) is 30.4 Å². The Balaban J connectivity index is 1.75. The van der Waals surface area contributed by atoms with Crippen molar-refractivity contribution in [1.82, 2.24) is 10.2 Å². The molecule has 1 aromatic rings. The zero-order valence-electron chi connectivity index (χ0n) is 21.2. The number of hydrogen-bond donors (Lipinski definition) is 2. The van der Waals surface area contributed by atoms with Gasteiger partial charge < -0.3 is 24.8 Å². The number of rotatable bonds is 10. The van der Waals surface area contributed by atoms with Crippen LogP contribution in [0.3, 0.4) is 0 Å². The maximum absolute atomic E-state index is 14.1. The third-order valence-electron chi connectivity index (χ3n) is 8.56. The van der Waals surface area contributed by atoms with Crippen molar-refractivity contribution in [2.75, 3.05) is 13.2 Å². The first-order valence-corrected chi connectivity index (χ1v) is 12.9. The van der Waals surface area contributed by atoms with E-state index in [0.717, 1.165) is 12.0 Å². The predicted molar refractivity (Wildman–Crippen MR) is 129 cm³/mol. The van der Waals surface area contributed by atoms with E-state index in [1.54, 1.807) is 6.92 Å². The summed E-state index contributed by atoms with van der Waals surface area (Å²) >= 11 is 0. The van der Waals surface area contributed by atoms with Crippen LogP contribution < -0.4 is 5.32 Å². The van der Waals surface area contributed by atoms with Gasteiger partial charge in [-0.2, -0.15) is 0 Å². The Bertz CT molecular complexity index is 954. The van der Waals surface area contributed by atoms with Crippen LogP contribution in [0.15, 0.2) is 30.3 Å². The van der Waals surface area contributed by atoms with Crippen LogP contribution in [-0.4, -0.2) is 64.3 Å². The van der Waals surface area contributed by atoms with Crippen molar-refractivity contribution >= 4 is 17.8 Å². The molecule has 7 atom stereocenters. The molecular formula is C27H38N2O6. The van der Waals surface area contributed by atoms with Crippen LogP contribution in [0, 0.1) is 17.8 Å². The Morgan fingerprint density at radius 2 is 1.94 bits per heavy atom. The molecular weight excluding hydrogens is 448 g/mol. The van der Waals surface area contributed by atoms with Crippen molar-refractivity contribution in [2.45, 2.75) is 83.2 Å². The second-order valence-electron chi connectivity index (χ2n) is 10.2. The molecule has 0 aliphatic carbocycles. The summed E-state index contributed by atoms with van der Waals surface area (Å²) in [6.07, 6.45) is 2.37. The first kappa shape index (κ1) is 25.6. The molecule has 1 aromatic carbocycles. The maximum Gasteiger partial charge on any atom is 0.312 e. The minimum Gasteiger partial charge on any atom is -0.466 e. The standard InChI is InChI=1S/C27H38N2O6/c1-5-17(4)19(16-30)29-22(23(31)28-15-18-11-9-8-10-12-18)27-14-13-26(6-2,35-27)21(20(27)24(29)32)25(33)34-7-3/h8-12,17,19-22,30H,5-7,13-16H2,1-4H3,(H,28,31)/t17-,19-,20-,21-,22?,26+,27?/m0/s1. The Morgan fingerprint density at radius 3 is 2.54 bits per heavy atom. The highest BCUT2D eigenvalue weighted by molar-refractivity contribution is 5.98. The zero-order chi connectivity index (χ0) is 25.4. The van der Waals surface area contributed by atoms with Crippen LogP contribution in [0.1, 0.15) is 58.9 Å². The third kappa shape index (κ3) is 3.95. The molecule has 0 aromatic heterocycles. The fraction of sp³-hybridized carbons (Fsp3) is 0.667. The number of hydrogen-bond acceptors (Lipinski definition) is 6. The number of ether oxygens (including phenoxy) is 2. The summed E-state index contributed by atoms with van der Waals surface area (Å²) in [5.41, 5.74) is -0.995. The lowest BCUT2D eigenvalue weighted by Gasteiger charge is -2.39.